The van der Waals surface area contributed by atoms with Gasteiger partial charge < -0.3 is 49.9 Å². The topological polar surface area (TPSA) is 273 Å². The Hall–Kier alpha value is -5.27. The maximum Gasteiger partial charge on any atom is 0.333 e. The van der Waals surface area contributed by atoms with Crippen molar-refractivity contribution in [3.05, 3.63) is 51.6 Å². The summed E-state index contributed by atoms with van der Waals surface area (Å²) in [6.45, 7) is 0.371. The van der Waals surface area contributed by atoms with Crippen LogP contribution in [0, 0.1) is 0 Å². The number of imide groups is 1. The lowest BCUT2D eigenvalue weighted by Crippen LogP contribution is -2.55. The molecule has 4 unspecified atom stereocenters. The number of hydroxylamine groups is 2. The largest absolute Gasteiger partial charge is 0.507 e. The number of aromatic hydroxyl groups is 2. The number of nitrogens with zero attached hydrogens (tertiary/aromatic N) is 1. The third-order valence-electron chi connectivity index (χ3n) is 10.1. The van der Waals surface area contributed by atoms with E-state index in [1.54, 1.807) is 0 Å². The number of methoxy groups -OCH3 is 1. The Kier molecular flexibility index (Phi) is 10.6. The fourth-order valence-corrected chi connectivity index (χ4v) is 7.34. The van der Waals surface area contributed by atoms with Crippen LogP contribution >= 0.6 is 0 Å². The molecule has 6 atom stereocenters. The summed E-state index contributed by atoms with van der Waals surface area (Å²) in [5.74, 6) is -7.03. The highest BCUT2D eigenvalue weighted by Crippen LogP contribution is 2.52. The molecule has 18 heteroatoms. The fourth-order valence-electron chi connectivity index (χ4n) is 7.34. The van der Waals surface area contributed by atoms with Crippen LogP contribution in [0.3, 0.4) is 0 Å². The molecule has 2 fully saturated rings. The maximum atomic E-state index is 13.9. The lowest BCUT2D eigenvalue weighted by Gasteiger charge is -2.43. The highest BCUT2D eigenvalue weighted by Gasteiger charge is 2.50. The van der Waals surface area contributed by atoms with Gasteiger partial charge in [0.1, 0.15) is 35.6 Å². The van der Waals surface area contributed by atoms with E-state index < -0.39 is 119 Å². The second-order valence-corrected chi connectivity index (χ2v) is 13.6. The first-order chi connectivity index (χ1) is 25.6. The predicted octanol–water partition coefficient (Wildman–Crippen LogP) is -0.0637. The van der Waals surface area contributed by atoms with Gasteiger partial charge in [-0.05, 0) is 19.4 Å². The van der Waals surface area contributed by atoms with Crippen molar-refractivity contribution in [1.82, 2.24) is 10.4 Å². The molecule has 2 aliphatic carbocycles. The number of ketones is 3. The molecular formula is C36H38N2O16. The quantitative estimate of drug-likeness (QED) is 0.110. The van der Waals surface area contributed by atoms with E-state index >= 15 is 0 Å². The van der Waals surface area contributed by atoms with Gasteiger partial charge in [0, 0.05) is 61.6 Å². The van der Waals surface area contributed by atoms with Gasteiger partial charge in [-0.3, -0.25) is 28.8 Å². The summed E-state index contributed by atoms with van der Waals surface area (Å²) < 4.78 is 17.3. The lowest BCUT2D eigenvalue weighted by molar-refractivity contribution is -0.249. The number of aliphatic hydroxyl groups excluding tert-OH is 2. The lowest BCUT2D eigenvalue weighted by atomic mass is 9.72. The SMILES string of the molecule is COc1cccc2c1C(=O)c1c(O)c3c(c(O)c1C2=O)C[C@@](O)(C(=O)CO)C[C@@H]3OC1CC(NC(=O)CCCC(=O)ON2C(=O)CCC2=O)C(O)C(C)O1. The van der Waals surface area contributed by atoms with E-state index in [4.69, 9.17) is 19.0 Å². The van der Waals surface area contributed by atoms with Crippen molar-refractivity contribution < 1.29 is 78.1 Å². The Bertz CT molecular complexity index is 1940. The van der Waals surface area contributed by atoms with Crippen LogP contribution in [0.4, 0.5) is 0 Å². The molecule has 0 aromatic heterocycles. The molecule has 2 aromatic rings. The first-order valence-corrected chi connectivity index (χ1v) is 17.2. The number of aliphatic hydroxyl groups is 3. The molecule has 2 heterocycles. The highest BCUT2D eigenvalue weighted by molar-refractivity contribution is 6.31. The first-order valence-electron chi connectivity index (χ1n) is 17.2. The fraction of sp³-hybridized carbons (Fsp3) is 0.472. The number of hydrogen-bond donors (Lipinski definition) is 6. The number of ether oxygens (including phenoxy) is 3. The molecule has 0 spiro atoms. The van der Waals surface area contributed by atoms with Crippen LogP contribution in [0.15, 0.2) is 18.2 Å². The first kappa shape index (κ1) is 38.5. The molecular weight excluding hydrogens is 716 g/mol. The molecule has 2 saturated heterocycles. The van der Waals surface area contributed by atoms with Crippen LogP contribution in [-0.4, -0.2) is 115 Å². The number of benzene rings is 2. The van der Waals surface area contributed by atoms with Crippen molar-refractivity contribution in [2.24, 2.45) is 0 Å². The zero-order valence-corrected chi connectivity index (χ0v) is 29.2. The van der Waals surface area contributed by atoms with Crippen molar-refractivity contribution >= 4 is 41.0 Å². The monoisotopic (exact) mass is 754 g/mol. The normalized spacial score (nSPS) is 26.2. The Morgan fingerprint density at radius 1 is 1.00 bits per heavy atom. The number of rotatable bonds is 11. The standard InChI is InChI=1S/C36H38N2O16/c1-15-31(45)18(37-22(41)7-4-8-25(44)54-38-23(42)9-10-24(38)43)11-26(52-15)53-20-13-36(50,21(40)14-39)12-17-28(20)35(49)30-29(33(17)47)32(46)16-5-3-6-19(51-2)27(16)34(30)48/h3,5-6,15,18,20,26,31,39,45,47,49-50H,4,7-14H2,1-2H3,(H,37,41)/t15?,18?,20-,26?,31?,36-/m0/s1. The number of Topliss-reactive ketones (excluding diaryl/α,β-unsaturated/α-hetero) is 1. The third-order valence-corrected chi connectivity index (χ3v) is 10.1. The number of carbonyl (C=O) groups excluding carboxylic acids is 7. The predicted molar refractivity (Wildman–Crippen MR) is 177 cm³/mol. The smallest absolute Gasteiger partial charge is 0.333 e. The number of nitrogens with one attached hydrogen (secondary N) is 1. The highest BCUT2D eigenvalue weighted by atomic mass is 16.7. The summed E-state index contributed by atoms with van der Waals surface area (Å²) >= 11 is 0. The van der Waals surface area contributed by atoms with Crippen molar-refractivity contribution in [3.8, 4) is 17.2 Å². The molecule has 2 aliphatic heterocycles. The number of carbonyl (C=O) groups is 7. The molecule has 18 nitrogen and oxygen atoms in total. The van der Waals surface area contributed by atoms with Gasteiger partial charge in [-0.1, -0.05) is 12.1 Å². The summed E-state index contributed by atoms with van der Waals surface area (Å²) in [5, 5.41) is 58.3. The number of fused-ring (bicyclic) bond motifs is 3. The molecule has 6 N–H and O–H groups in total. The van der Waals surface area contributed by atoms with Gasteiger partial charge in [0.2, 0.25) is 11.7 Å². The molecule has 54 heavy (non-hydrogen) atoms. The number of phenols is 2. The summed E-state index contributed by atoms with van der Waals surface area (Å²) in [5.41, 5.74) is -4.27. The Morgan fingerprint density at radius 2 is 1.69 bits per heavy atom. The van der Waals surface area contributed by atoms with Crippen molar-refractivity contribution in [3.63, 3.8) is 0 Å². The van der Waals surface area contributed by atoms with Gasteiger partial charge in [0.25, 0.3) is 11.8 Å². The molecule has 4 aliphatic rings. The van der Waals surface area contributed by atoms with E-state index in [0.717, 1.165) is 0 Å². The van der Waals surface area contributed by atoms with E-state index in [9.17, 15) is 59.1 Å². The van der Waals surface area contributed by atoms with Gasteiger partial charge in [-0.2, -0.15) is 0 Å². The molecule has 6 rings (SSSR count). The molecule has 0 radical (unpaired) electrons. The summed E-state index contributed by atoms with van der Waals surface area (Å²) in [7, 11) is 1.29. The van der Waals surface area contributed by atoms with Crippen molar-refractivity contribution in [2.45, 2.75) is 94.5 Å². The second kappa shape index (κ2) is 14.9. The minimum Gasteiger partial charge on any atom is -0.507 e. The van der Waals surface area contributed by atoms with Crippen LogP contribution in [0.25, 0.3) is 0 Å². The van der Waals surface area contributed by atoms with Crippen molar-refractivity contribution in [2.75, 3.05) is 13.7 Å². The van der Waals surface area contributed by atoms with Crippen LogP contribution in [0.5, 0.6) is 17.2 Å². The molecule has 3 amide bonds. The van der Waals surface area contributed by atoms with Gasteiger partial charge in [0.15, 0.2) is 17.9 Å². The van der Waals surface area contributed by atoms with Gasteiger partial charge in [-0.15, -0.1) is 5.06 Å². The van der Waals surface area contributed by atoms with Crippen LogP contribution in [0.2, 0.25) is 0 Å². The molecule has 2 aromatic carbocycles. The summed E-state index contributed by atoms with van der Waals surface area (Å²) in [6.07, 6.45) is -7.26. The summed E-state index contributed by atoms with van der Waals surface area (Å²) in [6, 6.07) is 3.24. The van der Waals surface area contributed by atoms with E-state index in [2.05, 4.69) is 5.32 Å². The molecule has 0 saturated carbocycles. The zero-order valence-electron chi connectivity index (χ0n) is 29.2. The Morgan fingerprint density at radius 3 is 2.35 bits per heavy atom. The number of amides is 3. The van der Waals surface area contributed by atoms with Crippen molar-refractivity contribution in [1.29, 1.82) is 0 Å². The Labute approximate surface area is 306 Å². The van der Waals surface area contributed by atoms with Gasteiger partial charge in [-0.25, -0.2) is 4.79 Å². The third kappa shape index (κ3) is 6.82. The summed E-state index contributed by atoms with van der Waals surface area (Å²) in [4.78, 5) is 93.6. The van der Waals surface area contributed by atoms with E-state index in [1.807, 2.05) is 0 Å². The molecule has 0 bridgehead atoms. The maximum absolute atomic E-state index is 13.9. The van der Waals surface area contributed by atoms with E-state index in [1.165, 1.54) is 32.2 Å². The van der Waals surface area contributed by atoms with E-state index in [0.29, 0.717) is 5.06 Å². The van der Waals surface area contributed by atoms with Gasteiger partial charge >= 0.3 is 5.97 Å². The van der Waals surface area contributed by atoms with Crippen LogP contribution in [-0.2, 0) is 44.7 Å². The average Bonchev–Trinajstić information content (AvgIpc) is 3.45. The van der Waals surface area contributed by atoms with Crippen LogP contribution < -0.4 is 10.1 Å². The minimum atomic E-state index is -2.38. The van der Waals surface area contributed by atoms with E-state index in [-0.39, 0.29) is 66.5 Å². The number of phenolic OH excluding ortho intramolecular Hbond substituents is 2. The zero-order chi connectivity index (χ0) is 39.2. The molecule has 288 valence electrons. The number of hydrogen-bond acceptors (Lipinski definition) is 16. The minimum absolute atomic E-state index is 0.0311. The van der Waals surface area contributed by atoms with Crippen LogP contribution in [0.1, 0.15) is 101 Å². The van der Waals surface area contributed by atoms with Gasteiger partial charge in [0.05, 0.1) is 42.0 Å². The second-order valence-electron chi connectivity index (χ2n) is 13.6. The Balaban J connectivity index is 1.23. The average molecular weight is 755 g/mol.